The highest BCUT2D eigenvalue weighted by Gasteiger charge is 2.17. The Hall–Kier alpha value is -1.82. The lowest BCUT2D eigenvalue weighted by atomic mass is 9.99. The Kier molecular flexibility index (Phi) is 5.58. The van der Waals surface area contributed by atoms with Crippen LogP contribution >= 0.6 is 0 Å². The van der Waals surface area contributed by atoms with Crippen LogP contribution in [-0.4, -0.2) is 62.6 Å². The van der Waals surface area contributed by atoms with E-state index in [2.05, 4.69) is 34.3 Å². The fourth-order valence-electron chi connectivity index (χ4n) is 3.84. The van der Waals surface area contributed by atoms with E-state index in [1.165, 1.54) is 22.9 Å². The number of aromatic nitrogens is 1. The van der Waals surface area contributed by atoms with Crippen molar-refractivity contribution in [1.29, 1.82) is 0 Å². The van der Waals surface area contributed by atoms with E-state index in [9.17, 15) is 0 Å². The summed E-state index contributed by atoms with van der Waals surface area (Å²) in [6, 6.07) is 6.20. The van der Waals surface area contributed by atoms with Crippen LogP contribution in [0.25, 0.3) is 16.5 Å². The molecule has 1 saturated heterocycles. The zero-order chi connectivity index (χ0) is 17.8. The Balaban J connectivity index is 1.31. The Bertz CT molecular complexity index is 762. The maximum atomic E-state index is 5.80. The minimum atomic E-state index is 0.321. The number of benzene rings is 1. The number of methoxy groups -OCH3 is 1. The van der Waals surface area contributed by atoms with Gasteiger partial charge in [-0.25, -0.2) is 0 Å². The molecular weight excluding hydrogens is 328 g/mol. The minimum Gasteiger partial charge on any atom is -0.497 e. The number of aromatic amines is 1. The fourth-order valence-corrected chi connectivity index (χ4v) is 3.84. The van der Waals surface area contributed by atoms with Crippen molar-refractivity contribution in [2.75, 3.05) is 46.6 Å². The molecule has 0 unspecified atom stereocenters. The van der Waals surface area contributed by atoms with Gasteiger partial charge >= 0.3 is 0 Å². The molecule has 3 heterocycles. The molecular formula is C21H28N2O3. The van der Waals surface area contributed by atoms with Crippen LogP contribution in [-0.2, 0) is 9.47 Å². The number of ether oxygens (including phenoxy) is 3. The van der Waals surface area contributed by atoms with Crippen LogP contribution in [0.3, 0.4) is 0 Å². The third kappa shape index (κ3) is 3.95. The average Bonchev–Trinajstić information content (AvgIpc) is 3.35. The van der Waals surface area contributed by atoms with Crippen LogP contribution in [0.4, 0.5) is 0 Å². The van der Waals surface area contributed by atoms with Crippen LogP contribution in [0.2, 0.25) is 0 Å². The normalized spacial score (nSPS) is 21.3. The molecule has 2 aliphatic rings. The standard InChI is InChI=1S/C21H28N2O3/c1-24-17-4-5-21-19(13-17)20(14-22-21)16-6-8-23(9-7-16)10-12-25-15-18-3-2-11-26-18/h4-6,13-14,18,22H,2-3,7-12,15H2,1H3/t18-/m0/s1. The first-order valence-corrected chi connectivity index (χ1v) is 9.60. The molecule has 1 fully saturated rings. The lowest BCUT2D eigenvalue weighted by molar-refractivity contribution is 0.0112. The van der Waals surface area contributed by atoms with Gasteiger partial charge in [-0.05, 0) is 43.0 Å². The average molecular weight is 356 g/mol. The Labute approximate surface area is 154 Å². The van der Waals surface area contributed by atoms with E-state index < -0.39 is 0 Å². The predicted molar refractivity (Wildman–Crippen MR) is 104 cm³/mol. The third-order valence-corrected chi connectivity index (χ3v) is 5.41. The monoisotopic (exact) mass is 356 g/mol. The SMILES string of the molecule is COc1ccc2[nH]cc(C3=CCN(CCOC[C@@H]4CCCO4)CC3)c2c1. The van der Waals surface area contributed by atoms with E-state index in [4.69, 9.17) is 14.2 Å². The van der Waals surface area contributed by atoms with Gasteiger partial charge in [0.1, 0.15) is 5.75 Å². The van der Waals surface area contributed by atoms with E-state index in [0.29, 0.717) is 6.10 Å². The van der Waals surface area contributed by atoms with Gasteiger partial charge in [-0.3, -0.25) is 4.90 Å². The van der Waals surface area contributed by atoms with Crippen LogP contribution in [0.1, 0.15) is 24.8 Å². The molecule has 2 aromatic rings. The second-order valence-corrected chi connectivity index (χ2v) is 7.10. The van der Waals surface area contributed by atoms with Gasteiger partial charge in [-0.2, -0.15) is 0 Å². The zero-order valence-corrected chi connectivity index (χ0v) is 15.5. The maximum Gasteiger partial charge on any atom is 0.119 e. The van der Waals surface area contributed by atoms with E-state index in [1.807, 2.05) is 6.07 Å². The molecule has 0 radical (unpaired) electrons. The Morgan fingerprint density at radius 3 is 3.08 bits per heavy atom. The van der Waals surface area contributed by atoms with Gasteiger partial charge in [0.25, 0.3) is 0 Å². The number of fused-ring (bicyclic) bond motifs is 1. The molecule has 4 rings (SSSR count). The molecule has 0 amide bonds. The fraction of sp³-hybridized carbons (Fsp3) is 0.524. The van der Waals surface area contributed by atoms with Gasteiger partial charge in [-0.15, -0.1) is 0 Å². The largest absolute Gasteiger partial charge is 0.497 e. The predicted octanol–water partition coefficient (Wildman–Crippen LogP) is 3.46. The molecule has 0 bridgehead atoms. The van der Waals surface area contributed by atoms with Crippen molar-refractivity contribution in [3.05, 3.63) is 36.0 Å². The summed E-state index contributed by atoms with van der Waals surface area (Å²) in [7, 11) is 1.71. The Morgan fingerprint density at radius 1 is 1.35 bits per heavy atom. The summed E-state index contributed by atoms with van der Waals surface area (Å²) in [6.45, 7) is 5.46. The third-order valence-electron chi connectivity index (χ3n) is 5.41. The van der Waals surface area contributed by atoms with Gasteiger partial charge in [0.2, 0.25) is 0 Å². The van der Waals surface area contributed by atoms with Gasteiger partial charge in [0, 0.05) is 48.9 Å². The minimum absolute atomic E-state index is 0.321. The summed E-state index contributed by atoms with van der Waals surface area (Å²) in [5.74, 6) is 0.903. The molecule has 0 saturated carbocycles. The summed E-state index contributed by atoms with van der Waals surface area (Å²) in [6.07, 6.45) is 8.18. The summed E-state index contributed by atoms with van der Waals surface area (Å²) < 4.78 is 16.8. The highest BCUT2D eigenvalue weighted by Crippen LogP contribution is 2.31. The van der Waals surface area contributed by atoms with Crippen LogP contribution in [0, 0.1) is 0 Å². The number of rotatable bonds is 7. The van der Waals surface area contributed by atoms with Crippen molar-refractivity contribution < 1.29 is 14.2 Å². The number of nitrogens with zero attached hydrogens (tertiary/aromatic N) is 1. The van der Waals surface area contributed by atoms with E-state index in [0.717, 1.165) is 63.6 Å². The zero-order valence-electron chi connectivity index (χ0n) is 15.5. The first-order chi connectivity index (χ1) is 12.8. The summed E-state index contributed by atoms with van der Waals surface area (Å²) in [4.78, 5) is 5.83. The second-order valence-electron chi connectivity index (χ2n) is 7.10. The van der Waals surface area contributed by atoms with E-state index in [-0.39, 0.29) is 0 Å². The van der Waals surface area contributed by atoms with Crippen molar-refractivity contribution in [2.24, 2.45) is 0 Å². The lowest BCUT2D eigenvalue weighted by Crippen LogP contribution is -2.32. The molecule has 26 heavy (non-hydrogen) atoms. The first-order valence-electron chi connectivity index (χ1n) is 9.60. The number of H-pyrrole nitrogens is 1. The van der Waals surface area contributed by atoms with Gasteiger partial charge < -0.3 is 19.2 Å². The molecule has 1 atom stereocenters. The maximum absolute atomic E-state index is 5.80. The molecule has 0 aliphatic carbocycles. The molecule has 140 valence electrons. The summed E-state index contributed by atoms with van der Waals surface area (Å²) in [5, 5.41) is 1.24. The van der Waals surface area contributed by atoms with Crippen LogP contribution < -0.4 is 4.74 Å². The van der Waals surface area contributed by atoms with Crippen LogP contribution in [0.5, 0.6) is 5.75 Å². The molecule has 2 aliphatic heterocycles. The lowest BCUT2D eigenvalue weighted by Gasteiger charge is -2.26. The molecule has 5 nitrogen and oxygen atoms in total. The summed E-state index contributed by atoms with van der Waals surface area (Å²) in [5.41, 5.74) is 3.88. The van der Waals surface area contributed by atoms with Crippen molar-refractivity contribution in [3.8, 4) is 5.75 Å². The summed E-state index contributed by atoms with van der Waals surface area (Å²) >= 11 is 0. The van der Waals surface area contributed by atoms with Crippen molar-refractivity contribution in [2.45, 2.75) is 25.4 Å². The molecule has 1 aromatic carbocycles. The van der Waals surface area contributed by atoms with Gasteiger partial charge in [0.15, 0.2) is 0 Å². The topological polar surface area (TPSA) is 46.7 Å². The van der Waals surface area contributed by atoms with Gasteiger partial charge in [-0.1, -0.05) is 6.08 Å². The van der Waals surface area contributed by atoms with E-state index >= 15 is 0 Å². The molecule has 1 aromatic heterocycles. The number of nitrogens with one attached hydrogen (secondary N) is 1. The molecule has 0 spiro atoms. The number of hydrogen-bond donors (Lipinski definition) is 1. The van der Waals surface area contributed by atoms with Crippen molar-refractivity contribution in [1.82, 2.24) is 9.88 Å². The van der Waals surface area contributed by atoms with Gasteiger partial charge in [0.05, 0.1) is 26.4 Å². The van der Waals surface area contributed by atoms with Crippen molar-refractivity contribution in [3.63, 3.8) is 0 Å². The smallest absolute Gasteiger partial charge is 0.119 e. The molecule has 1 N–H and O–H groups in total. The first kappa shape index (κ1) is 17.6. The quantitative estimate of drug-likeness (QED) is 0.772. The van der Waals surface area contributed by atoms with E-state index in [1.54, 1.807) is 7.11 Å². The highest BCUT2D eigenvalue weighted by atomic mass is 16.5. The van der Waals surface area contributed by atoms with Crippen molar-refractivity contribution >= 4 is 16.5 Å². The highest BCUT2D eigenvalue weighted by molar-refractivity contribution is 5.93. The number of hydrogen-bond acceptors (Lipinski definition) is 4. The molecule has 5 heteroatoms. The Morgan fingerprint density at radius 2 is 2.31 bits per heavy atom. The second kappa shape index (κ2) is 8.25. The van der Waals surface area contributed by atoms with Crippen LogP contribution in [0.15, 0.2) is 30.5 Å².